The van der Waals surface area contributed by atoms with Gasteiger partial charge in [-0.15, -0.1) is 11.8 Å². The number of imide groups is 1. The van der Waals surface area contributed by atoms with Crippen LogP contribution in [0.1, 0.15) is 29.2 Å². The van der Waals surface area contributed by atoms with E-state index in [1.807, 2.05) is 66.7 Å². The molecule has 3 heterocycles. The lowest BCUT2D eigenvalue weighted by Crippen LogP contribution is -2.42. The Morgan fingerprint density at radius 2 is 1.70 bits per heavy atom. The van der Waals surface area contributed by atoms with Crippen molar-refractivity contribution in [2.24, 2.45) is 29.6 Å². The number of aromatic nitrogens is 1. The molecule has 8 rings (SSSR count). The number of rotatable bonds is 8. The molecular weight excluding hydrogens is 627 g/mol. The fourth-order valence-electron chi connectivity index (χ4n) is 8.39. The molecule has 46 heavy (non-hydrogen) atoms. The Morgan fingerprint density at radius 1 is 0.957 bits per heavy atom. The molecule has 234 valence electrons. The largest absolute Gasteiger partial charge is 0.483 e. The summed E-state index contributed by atoms with van der Waals surface area (Å²) in [5.74, 6) is -2.91. The summed E-state index contributed by atoms with van der Waals surface area (Å²) >= 11 is 2.73. The van der Waals surface area contributed by atoms with Crippen LogP contribution >= 0.6 is 23.1 Å². The first-order valence-electron chi connectivity index (χ1n) is 15.3. The van der Waals surface area contributed by atoms with Gasteiger partial charge >= 0.3 is 10.8 Å². The monoisotopic (exact) mass is 655 g/mol. The molecule has 0 radical (unpaired) electrons. The zero-order valence-corrected chi connectivity index (χ0v) is 26.0. The summed E-state index contributed by atoms with van der Waals surface area (Å²) in [6.07, 6.45) is 0.432. The Kier molecular flexibility index (Phi) is 7.02. The van der Waals surface area contributed by atoms with Gasteiger partial charge in [-0.05, 0) is 41.7 Å². The Bertz CT molecular complexity index is 1980. The molecular formula is C34H29N3O7S2. The number of hydrogen-bond acceptors (Lipinski definition) is 8. The van der Waals surface area contributed by atoms with Gasteiger partial charge in [-0.3, -0.25) is 28.9 Å². The second-order valence-electron chi connectivity index (χ2n) is 12.3. The highest BCUT2D eigenvalue weighted by Crippen LogP contribution is 2.69. The number of fused-ring (bicyclic) bond motifs is 10. The number of carboxylic acids is 1. The van der Waals surface area contributed by atoms with Crippen LogP contribution < -0.4 is 14.9 Å². The van der Waals surface area contributed by atoms with Crippen molar-refractivity contribution in [1.82, 2.24) is 9.88 Å². The Labute approximate surface area is 271 Å². The minimum absolute atomic E-state index is 0.0205. The van der Waals surface area contributed by atoms with Crippen molar-refractivity contribution >= 4 is 63.2 Å². The van der Waals surface area contributed by atoms with E-state index in [-0.39, 0.29) is 71.1 Å². The van der Waals surface area contributed by atoms with Crippen LogP contribution in [0.25, 0.3) is 10.8 Å². The second-order valence-corrected chi connectivity index (χ2v) is 14.5. The van der Waals surface area contributed by atoms with Crippen molar-refractivity contribution in [2.75, 3.05) is 18.5 Å². The first-order chi connectivity index (χ1) is 22.3. The number of H-pyrrole nitrogens is 1. The van der Waals surface area contributed by atoms with Crippen molar-refractivity contribution in [3.05, 3.63) is 86.8 Å². The number of ether oxygens (including phenoxy) is 1. The quantitative estimate of drug-likeness (QED) is 0.235. The molecule has 2 saturated carbocycles. The molecule has 2 aliphatic heterocycles. The lowest BCUT2D eigenvalue weighted by Gasteiger charge is -2.43. The van der Waals surface area contributed by atoms with E-state index in [0.29, 0.717) is 17.9 Å². The molecule has 1 aromatic heterocycles. The average Bonchev–Trinajstić information content (AvgIpc) is 3.78. The fourth-order valence-corrected chi connectivity index (χ4v) is 11.3. The third kappa shape index (κ3) is 4.57. The van der Waals surface area contributed by atoms with E-state index in [1.165, 1.54) is 0 Å². The van der Waals surface area contributed by atoms with E-state index < -0.39 is 17.8 Å². The minimum Gasteiger partial charge on any atom is -0.483 e. The fraction of sp³-hybridized carbons (Fsp3) is 0.324. The van der Waals surface area contributed by atoms with Crippen LogP contribution in [0.5, 0.6) is 5.75 Å². The number of hydrogen-bond donors (Lipinski definition) is 3. The van der Waals surface area contributed by atoms with Gasteiger partial charge in [-0.1, -0.05) is 65.9 Å². The zero-order valence-electron chi connectivity index (χ0n) is 24.4. The number of aromatic amines is 1. The number of aliphatic carboxylic acids is 1. The van der Waals surface area contributed by atoms with Gasteiger partial charge in [0.2, 0.25) is 11.8 Å². The number of amides is 3. The first-order valence-corrected chi connectivity index (χ1v) is 17.0. The predicted molar refractivity (Wildman–Crippen MR) is 172 cm³/mol. The van der Waals surface area contributed by atoms with Gasteiger partial charge in [0.05, 0.1) is 23.3 Å². The van der Waals surface area contributed by atoms with Crippen LogP contribution in [0.15, 0.2) is 76.6 Å². The number of thiazole rings is 1. The number of thioether (sulfide) groups is 1. The minimum atomic E-state index is -1.05. The standard InChI is InChI=1S/C34H29N3O7S2/c38-23(35-21-10-5-7-16-6-1-2-8-17(16)21)15-44-22-11-4-3-9-18(22)25-26-19-14-20(29(26)45-31-30(25)46-34(43)36-31)28-27(19)32(41)37(33(28)42)13-12-24(39)40/h1-11,19-20,25-29H,12-15H2,(H,35,38)(H,36,43)(H,39,40)/t19?,20?,25-,26?,27?,28?,29?/m1/s1. The van der Waals surface area contributed by atoms with Gasteiger partial charge in [0, 0.05) is 39.2 Å². The lowest BCUT2D eigenvalue weighted by molar-refractivity contribution is -0.142. The summed E-state index contributed by atoms with van der Waals surface area (Å²) < 4.78 is 6.20. The maximum atomic E-state index is 13.6. The van der Waals surface area contributed by atoms with Crippen LogP contribution in [0.4, 0.5) is 5.69 Å². The third-order valence-corrected chi connectivity index (χ3v) is 12.6. The number of carbonyl (C=O) groups excluding carboxylic acids is 3. The van der Waals surface area contributed by atoms with E-state index >= 15 is 0 Å². The van der Waals surface area contributed by atoms with Crippen LogP contribution in [-0.2, 0) is 19.2 Å². The van der Waals surface area contributed by atoms with Gasteiger partial charge in [0.25, 0.3) is 5.91 Å². The maximum absolute atomic E-state index is 13.6. The molecule has 2 bridgehead atoms. The van der Waals surface area contributed by atoms with Gasteiger partial charge in [-0.2, -0.15) is 0 Å². The highest BCUT2D eigenvalue weighted by molar-refractivity contribution is 8.00. The smallest absolute Gasteiger partial charge is 0.305 e. The molecule has 0 spiro atoms. The van der Waals surface area contributed by atoms with Crippen molar-refractivity contribution in [2.45, 2.75) is 29.0 Å². The molecule has 12 heteroatoms. The first kappa shape index (κ1) is 29.0. The maximum Gasteiger partial charge on any atom is 0.305 e. The molecule has 6 unspecified atom stereocenters. The van der Waals surface area contributed by atoms with E-state index in [4.69, 9.17) is 4.74 Å². The summed E-state index contributed by atoms with van der Waals surface area (Å²) in [7, 11) is 0. The van der Waals surface area contributed by atoms with E-state index in [9.17, 15) is 29.1 Å². The molecule has 10 nitrogen and oxygen atoms in total. The summed E-state index contributed by atoms with van der Waals surface area (Å²) in [5, 5.41) is 14.9. The number of para-hydroxylation sites is 1. The topological polar surface area (TPSA) is 146 Å². The summed E-state index contributed by atoms with van der Waals surface area (Å²) in [6.45, 7) is -0.349. The molecule has 2 aliphatic carbocycles. The van der Waals surface area contributed by atoms with E-state index in [1.54, 1.807) is 11.8 Å². The summed E-state index contributed by atoms with van der Waals surface area (Å²) in [4.78, 5) is 69.0. The summed E-state index contributed by atoms with van der Waals surface area (Å²) in [6, 6.07) is 21.0. The number of likely N-dealkylation sites (tertiary alicyclic amines) is 1. The zero-order chi connectivity index (χ0) is 31.7. The van der Waals surface area contributed by atoms with Crippen molar-refractivity contribution in [1.29, 1.82) is 0 Å². The second kappa shape index (κ2) is 11.1. The number of carbonyl (C=O) groups is 4. The molecule has 7 atom stereocenters. The predicted octanol–water partition coefficient (Wildman–Crippen LogP) is 4.56. The molecule has 4 aromatic rings. The lowest BCUT2D eigenvalue weighted by atomic mass is 9.68. The Balaban J connectivity index is 1.09. The molecule has 3 aromatic carbocycles. The van der Waals surface area contributed by atoms with Crippen LogP contribution in [0.3, 0.4) is 0 Å². The van der Waals surface area contributed by atoms with Crippen molar-refractivity contribution in [3.8, 4) is 5.75 Å². The van der Waals surface area contributed by atoms with Gasteiger partial charge < -0.3 is 20.1 Å². The number of nitrogens with zero attached hydrogens (tertiary/aromatic N) is 1. The van der Waals surface area contributed by atoms with Crippen molar-refractivity contribution in [3.63, 3.8) is 0 Å². The average molecular weight is 656 g/mol. The normalized spacial score (nSPS) is 27.4. The van der Waals surface area contributed by atoms with Crippen LogP contribution in [0, 0.1) is 29.6 Å². The number of carboxylic acid groups (broad SMARTS) is 1. The highest BCUT2D eigenvalue weighted by atomic mass is 32.2. The number of benzene rings is 3. The number of nitrogens with one attached hydrogen (secondary N) is 2. The molecule has 3 fully saturated rings. The molecule has 4 aliphatic rings. The summed E-state index contributed by atoms with van der Waals surface area (Å²) in [5.41, 5.74) is 1.52. The van der Waals surface area contributed by atoms with Gasteiger partial charge in [0.1, 0.15) is 5.75 Å². The third-order valence-electron chi connectivity index (χ3n) is 10.0. The molecule has 1 saturated heterocycles. The Hall–Kier alpha value is -4.42. The highest BCUT2D eigenvalue weighted by Gasteiger charge is 2.69. The van der Waals surface area contributed by atoms with Gasteiger partial charge in [0.15, 0.2) is 6.61 Å². The van der Waals surface area contributed by atoms with E-state index in [2.05, 4.69) is 10.3 Å². The van der Waals surface area contributed by atoms with E-state index in [0.717, 1.165) is 42.5 Å². The number of anilines is 1. The van der Waals surface area contributed by atoms with Crippen LogP contribution in [-0.4, -0.2) is 57.1 Å². The van der Waals surface area contributed by atoms with Crippen LogP contribution in [0.2, 0.25) is 0 Å². The molecule has 3 N–H and O–H groups in total. The van der Waals surface area contributed by atoms with Gasteiger partial charge in [-0.25, -0.2) is 0 Å². The molecule has 3 amide bonds. The van der Waals surface area contributed by atoms with Crippen molar-refractivity contribution < 1.29 is 29.0 Å². The Morgan fingerprint density at radius 3 is 2.52 bits per heavy atom. The SMILES string of the molecule is O=C(O)CCN1C(=O)C2C3CC(C2C1=O)C1C3Sc2[nH]c(=O)sc2[C@@H]1c1ccccc1OCC(=O)Nc1cccc2ccccc12.